The van der Waals surface area contributed by atoms with Gasteiger partial charge in [-0.15, -0.1) is 0 Å². The van der Waals surface area contributed by atoms with E-state index in [2.05, 4.69) is 16.8 Å². The van der Waals surface area contributed by atoms with E-state index in [9.17, 15) is 8.42 Å². The molecule has 0 spiro atoms. The van der Waals surface area contributed by atoms with Crippen molar-refractivity contribution in [3.63, 3.8) is 0 Å². The largest absolute Gasteiger partial charge is 0.428 e. The van der Waals surface area contributed by atoms with Gasteiger partial charge < -0.3 is 14.1 Å². The number of nitrogens with zero attached hydrogens (tertiary/aromatic N) is 3. The molecule has 0 unspecified atom stereocenters. The highest BCUT2D eigenvalue weighted by Crippen LogP contribution is 2.42. The lowest BCUT2D eigenvalue weighted by molar-refractivity contribution is 0.0744. The minimum absolute atomic E-state index is 0.0288. The van der Waals surface area contributed by atoms with Crippen LogP contribution in [-0.4, -0.2) is 67.0 Å². The summed E-state index contributed by atoms with van der Waals surface area (Å²) in [4.78, 5) is 6.95. The van der Waals surface area contributed by atoms with Crippen molar-refractivity contribution in [2.24, 2.45) is 5.92 Å². The molecule has 3 atom stereocenters. The predicted molar refractivity (Wildman–Crippen MR) is 108 cm³/mol. The van der Waals surface area contributed by atoms with Gasteiger partial charge in [0.05, 0.1) is 6.20 Å². The molecule has 1 aromatic rings. The lowest BCUT2D eigenvalue weighted by atomic mass is 9.93. The summed E-state index contributed by atoms with van der Waals surface area (Å²) in [6.45, 7) is 6.02. The van der Waals surface area contributed by atoms with Crippen LogP contribution < -0.4 is 0 Å². The Morgan fingerprint density at radius 3 is 2.28 bits per heavy atom. The second kappa shape index (κ2) is 7.94. The summed E-state index contributed by atoms with van der Waals surface area (Å²) in [5.74, 6) is 1.54. The molecule has 1 aromatic heterocycles. The van der Waals surface area contributed by atoms with E-state index in [-0.39, 0.29) is 23.1 Å². The zero-order valence-corrected chi connectivity index (χ0v) is 18.1. The van der Waals surface area contributed by atoms with E-state index in [1.807, 2.05) is 0 Å². The van der Waals surface area contributed by atoms with E-state index in [4.69, 9.17) is 9.15 Å². The molecular weight excluding hydrogens is 390 g/mol. The predicted octanol–water partition coefficient (Wildman–Crippen LogP) is 2.98. The maximum absolute atomic E-state index is 13.4. The molecule has 0 radical (unpaired) electrons. The Labute approximate surface area is 173 Å². The number of aromatic nitrogens is 1. The third-order valence-electron chi connectivity index (χ3n) is 7.58. The van der Waals surface area contributed by atoms with Crippen LogP contribution in [-0.2, 0) is 14.8 Å². The van der Waals surface area contributed by atoms with Crippen LogP contribution >= 0.6 is 0 Å². The first-order valence-corrected chi connectivity index (χ1v) is 12.8. The number of rotatable bonds is 4. The van der Waals surface area contributed by atoms with Crippen molar-refractivity contribution < 1.29 is 17.6 Å². The smallest absolute Gasteiger partial charge is 0.278 e. The number of hydrogen-bond donors (Lipinski definition) is 0. The van der Waals surface area contributed by atoms with Gasteiger partial charge in [0.15, 0.2) is 5.89 Å². The number of sulfonamides is 1. The lowest BCUT2D eigenvalue weighted by Gasteiger charge is -2.44. The third kappa shape index (κ3) is 3.77. The summed E-state index contributed by atoms with van der Waals surface area (Å²) in [5.41, 5.74) is 0. The fraction of sp³-hybridized carbons (Fsp3) is 0.857. The maximum atomic E-state index is 13.4. The van der Waals surface area contributed by atoms with E-state index in [1.54, 1.807) is 4.31 Å². The van der Waals surface area contributed by atoms with Crippen molar-refractivity contribution >= 4 is 10.0 Å². The molecular formula is C21H33N3O4S. The number of ether oxygens (including phenoxy) is 1. The molecule has 7 nitrogen and oxygen atoms in total. The van der Waals surface area contributed by atoms with Crippen LogP contribution in [0.2, 0.25) is 0 Å². The van der Waals surface area contributed by atoms with Crippen molar-refractivity contribution in [3.05, 3.63) is 12.1 Å². The van der Waals surface area contributed by atoms with Crippen molar-refractivity contribution in [2.75, 3.05) is 26.3 Å². The second-order valence-corrected chi connectivity index (χ2v) is 11.2. The molecule has 0 saturated carbocycles. The van der Waals surface area contributed by atoms with E-state index < -0.39 is 10.0 Å². The summed E-state index contributed by atoms with van der Waals surface area (Å²) in [7, 11) is -3.62. The van der Waals surface area contributed by atoms with Gasteiger partial charge in [0, 0.05) is 37.3 Å². The van der Waals surface area contributed by atoms with Gasteiger partial charge in [0.25, 0.3) is 15.1 Å². The van der Waals surface area contributed by atoms with Gasteiger partial charge in [0.2, 0.25) is 0 Å². The number of hydrogen-bond acceptors (Lipinski definition) is 6. The molecule has 162 valence electrons. The van der Waals surface area contributed by atoms with Crippen molar-refractivity contribution in [1.29, 1.82) is 0 Å². The Balaban J connectivity index is 1.30. The number of likely N-dealkylation sites (tertiary alicyclic amines) is 1. The molecule has 5 rings (SSSR count). The average Bonchev–Trinajstić information content (AvgIpc) is 3.33. The molecule has 0 aromatic carbocycles. The van der Waals surface area contributed by atoms with E-state index in [0.29, 0.717) is 25.1 Å². The molecule has 4 aliphatic heterocycles. The number of piperidine rings is 2. The van der Waals surface area contributed by atoms with Gasteiger partial charge in [0.1, 0.15) is 0 Å². The summed E-state index contributed by atoms with van der Waals surface area (Å²) in [6.07, 6.45) is 9.46. The topological polar surface area (TPSA) is 75.9 Å². The molecule has 4 fully saturated rings. The maximum Gasteiger partial charge on any atom is 0.278 e. The minimum atomic E-state index is -3.62. The Morgan fingerprint density at radius 2 is 1.62 bits per heavy atom. The van der Waals surface area contributed by atoms with E-state index in [1.165, 1.54) is 19.0 Å². The molecule has 0 aliphatic carbocycles. The molecule has 0 N–H and O–H groups in total. The quantitative estimate of drug-likeness (QED) is 0.741. The summed E-state index contributed by atoms with van der Waals surface area (Å²) in [6, 6.07) is 0.721. The Bertz CT molecular complexity index is 798. The van der Waals surface area contributed by atoms with Crippen LogP contribution in [0.5, 0.6) is 0 Å². The lowest BCUT2D eigenvalue weighted by Crippen LogP contribution is -2.53. The van der Waals surface area contributed by atoms with Gasteiger partial charge in [-0.3, -0.25) is 0 Å². The average molecular weight is 424 g/mol. The summed E-state index contributed by atoms with van der Waals surface area (Å²) in [5, 5.41) is 0.0288. The van der Waals surface area contributed by atoms with E-state index in [0.717, 1.165) is 57.5 Å². The minimum Gasteiger partial charge on any atom is -0.428 e. The molecule has 0 amide bonds. The van der Waals surface area contributed by atoms with Crippen molar-refractivity contribution in [3.8, 4) is 0 Å². The van der Waals surface area contributed by atoms with Crippen LogP contribution in [0.15, 0.2) is 15.7 Å². The standard InChI is InChI=1S/C21H33N3O4S/c1-15-4-8-23(9-5-15)19-12-17-2-3-18(13-19)24(17)29(25,26)20-14-22-21(28-20)16-6-10-27-11-7-16/h14-19H,2-13H2,1H3/t17-,18+,19-. The number of oxazole rings is 1. The Hall–Kier alpha value is -0.960. The van der Waals surface area contributed by atoms with Gasteiger partial charge in [-0.05, 0) is 70.4 Å². The number of fused-ring (bicyclic) bond motifs is 2. The molecule has 4 saturated heterocycles. The Morgan fingerprint density at radius 1 is 0.966 bits per heavy atom. The second-order valence-electron chi connectivity index (χ2n) is 9.47. The highest BCUT2D eigenvalue weighted by Gasteiger charge is 2.49. The fourth-order valence-corrected chi connectivity index (χ4v) is 7.57. The van der Waals surface area contributed by atoms with Crippen LogP contribution in [0.25, 0.3) is 0 Å². The zero-order chi connectivity index (χ0) is 20.0. The van der Waals surface area contributed by atoms with Crippen molar-refractivity contribution in [2.45, 2.75) is 87.4 Å². The summed E-state index contributed by atoms with van der Waals surface area (Å²) >= 11 is 0. The monoisotopic (exact) mass is 423 g/mol. The third-order valence-corrected chi connectivity index (χ3v) is 9.43. The van der Waals surface area contributed by atoms with Crippen LogP contribution in [0, 0.1) is 5.92 Å². The van der Waals surface area contributed by atoms with Crippen molar-refractivity contribution in [1.82, 2.24) is 14.2 Å². The molecule has 4 aliphatic rings. The normalized spacial score (nSPS) is 33.3. The highest BCUT2D eigenvalue weighted by atomic mass is 32.2. The summed E-state index contributed by atoms with van der Waals surface area (Å²) < 4.78 is 39.8. The van der Waals surface area contributed by atoms with Gasteiger partial charge in [-0.25, -0.2) is 13.4 Å². The SMILES string of the molecule is CC1CCN([C@@H]2C[C@H]3CC[C@@H](C2)N3S(=O)(=O)c2cnc(C3CCOCC3)o2)CC1. The first kappa shape index (κ1) is 20.0. The Kier molecular flexibility index (Phi) is 5.47. The van der Waals surface area contributed by atoms with Crippen LogP contribution in [0.4, 0.5) is 0 Å². The van der Waals surface area contributed by atoms with Crippen LogP contribution in [0.1, 0.15) is 70.1 Å². The first-order chi connectivity index (χ1) is 14.0. The van der Waals surface area contributed by atoms with Crippen LogP contribution in [0.3, 0.4) is 0 Å². The zero-order valence-electron chi connectivity index (χ0n) is 17.3. The molecule has 5 heterocycles. The van der Waals surface area contributed by atoms with Gasteiger partial charge in [-0.2, -0.15) is 4.31 Å². The molecule has 2 bridgehead atoms. The first-order valence-electron chi connectivity index (χ1n) is 11.3. The highest BCUT2D eigenvalue weighted by molar-refractivity contribution is 7.89. The fourth-order valence-electron chi connectivity index (χ4n) is 5.82. The van der Waals surface area contributed by atoms with Gasteiger partial charge >= 0.3 is 0 Å². The van der Waals surface area contributed by atoms with Gasteiger partial charge in [-0.1, -0.05) is 6.92 Å². The molecule has 29 heavy (non-hydrogen) atoms. The van der Waals surface area contributed by atoms with E-state index >= 15 is 0 Å². The molecule has 8 heteroatoms.